The molecule has 0 unspecified atom stereocenters. The summed E-state index contributed by atoms with van der Waals surface area (Å²) < 4.78 is 10.7. The molecule has 144 valence electrons. The summed E-state index contributed by atoms with van der Waals surface area (Å²) in [7, 11) is 1.51. The third-order valence-corrected chi connectivity index (χ3v) is 4.88. The number of Topliss-reactive ketones (excluding diaryl/α,β-unsaturated/α-hetero) is 1. The van der Waals surface area contributed by atoms with Crippen molar-refractivity contribution < 1.29 is 23.9 Å². The Morgan fingerprint density at radius 1 is 1.19 bits per heavy atom. The number of ether oxygens (including phenoxy) is 2. The molecule has 1 atom stereocenters. The average molecular weight is 389 g/mol. The molecule has 27 heavy (non-hydrogen) atoms. The van der Waals surface area contributed by atoms with E-state index in [9.17, 15) is 14.4 Å². The highest BCUT2D eigenvalue weighted by atomic mass is 32.1. The molecule has 0 bridgehead atoms. The zero-order valence-corrected chi connectivity index (χ0v) is 16.6. The number of amides is 1. The number of carbonyl (C=O) groups excluding carboxylic acids is 3. The first-order valence-electron chi connectivity index (χ1n) is 8.52. The second-order valence-electron chi connectivity index (χ2n) is 6.36. The first-order valence-corrected chi connectivity index (χ1v) is 9.40. The van der Waals surface area contributed by atoms with Crippen LogP contribution in [0.25, 0.3) is 0 Å². The van der Waals surface area contributed by atoms with Gasteiger partial charge in [0.05, 0.1) is 12.0 Å². The van der Waals surface area contributed by atoms with Crippen LogP contribution in [0.3, 0.4) is 0 Å². The minimum absolute atomic E-state index is 0.0543. The predicted molar refractivity (Wildman–Crippen MR) is 103 cm³/mol. The van der Waals surface area contributed by atoms with Gasteiger partial charge < -0.3 is 14.8 Å². The highest BCUT2D eigenvalue weighted by molar-refractivity contribution is 7.12. The Hall–Kier alpha value is -2.67. The van der Waals surface area contributed by atoms with Gasteiger partial charge in [0, 0.05) is 11.1 Å². The Balaban J connectivity index is 2.08. The Morgan fingerprint density at radius 3 is 2.48 bits per heavy atom. The molecule has 0 saturated carbocycles. The number of esters is 1. The topological polar surface area (TPSA) is 81.7 Å². The van der Waals surface area contributed by atoms with Gasteiger partial charge in [-0.15, -0.1) is 11.3 Å². The van der Waals surface area contributed by atoms with Gasteiger partial charge in [-0.05, 0) is 42.5 Å². The summed E-state index contributed by atoms with van der Waals surface area (Å²) in [6, 6.07) is 7.66. The highest BCUT2D eigenvalue weighted by Gasteiger charge is 2.26. The van der Waals surface area contributed by atoms with Crippen molar-refractivity contribution in [3.8, 4) is 5.75 Å². The first kappa shape index (κ1) is 20.6. The monoisotopic (exact) mass is 389 g/mol. The fraction of sp³-hybridized carbons (Fsp3) is 0.350. The molecule has 0 radical (unpaired) electrons. The van der Waals surface area contributed by atoms with Crippen LogP contribution in [0.15, 0.2) is 35.7 Å². The number of nitrogens with one attached hydrogen (secondary N) is 1. The molecule has 6 nitrogen and oxygen atoms in total. The van der Waals surface area contributed by atoms with Gasteiger partial charge in [0.2, 0.25) is 0 Å². The van der Waals surface area contributed by atoms with E-state index in [0.717, 1.165) is 0 Å². The maximum atomic E-state index is 12.5. The SMILES string of the molecule is COc1ccc(C(C)=O)cc1COC(=O)[C@H](NC(=O)c1cccs1)C(C)C. The minimum atomic E-state index is -0.776. The number of ketones is 1. The van der Waals surface area contributed by atoms with Gasteiger partial charge in [-0.25, -0.2) is 4.79 Å². The summed E-state index contributed by atoms with van der Waals surface area (Å²) in [6.45, 7) is 5.07. The first-order chi connectivity index (χ1) is 12.8. The molecule has 1 amide bonds. The quantitative estimate of drug-likeness (QED) is 0.552. The molecule has 2 rings (SSSR count). The smallest absolute Gasteiger partial charge is 0.329 e. The van der Waals surface area contributed by atoms with Crippen molar-refractivity contribution in [3.63, 3.8) is 0 Å². The van der Waals surface area contributed by atoms with Crippen molar-refractivity contribution in [2.45, 2.75) is 33.4 Å². The van der Waals surface area contributed by atoms with Crippen LogP contribution in [-0.2, 0) is 16.1 Å². The third kappa shape index (κ3) is 5.40. The van der Waals surface area contributed by atoms with Crippen molar-refractivity contribution in [3.05, 3.63) is 51.7 Å². The molecule has 1 aromatic carbocycles. The van der Waals surface area contributed by atoms with E-state index in [-0.39, 0.29) is 24.2 Å². The summed E-state index contributed by atoms with van der Waals surface area (Å²) in [5.41, 5.74) is 1.10. The van der Waals surface area contributed by atoms with Gasteiger partial charge >= 0.3 is 5.97 Å². The van der Waals surface area contributed by atoms with Crippen LogP contribution < -0.4 is 10.1 Å². The average Bonchev–Trinajstić information content (AvgIpc) is 3.18. The van der Waals surface area contributed by atoms with Crippen LogP contribution in [0.2, 0.25) is 0 Å². The van der Waals surface area contributed by atoms with E-state index in [1.54, 1.807) is 35.7 Å². The van der Waals surface area contributed by atoms with Crippen molar-refractivity contribution in [1.82, 2.24) is 5.32 Å². The number of rotatable bonds is 8. The number of carbonyl (C=O) groups is 3. The molecule has 0 spiro atoms. The van der Waals surface area contributed by atoms with Gasteiger partial charge in [0.15, 0.2) is 5.78 Å². The van der Waals surface area contributed by atoms with Crippen LogP contribution in [0.4, 0.5) is 0 Å². The number of benzene rings is 1. The van der Waals surface area contributed by atoms with Crippen molar-refractivity contribution in [1.29, 1.82) is 0 Å². The van der Waals surface area contributed by atoms with E-state index < -0.39 is 12.0 Å². The lowest BCUT2D eigenvalue weighted by atomic mass is 10.0. The lowest BCUT2D eigenvalue weighted by Gasteiger charge is -2.21. The van der Waals surface area contributed by atoms with Gasteiger partial charge in [0.25, 0.3) is 5.91 Å². The van der Waals surface area contributed by atoms with Crippen molar-refractivity contribution in [2.75, 3.05) is 7.11 Å². The zero-order chi connectivity index (χ0) is 20.0. The summed E-state index contributed by atoms with van der Waals surface area (Å²) >= 11 is 1.30. The lowest BCUT2D eigenvalue weighted by Crippen LogP contribution is -2.45. The van der Waals surface area contributed by atoms with Crippen LogP contribution in [0.1, 0.15) is 46.4 Å². The molecule has 1 aromatic heterocycles. The predicted octanol–water partition coefficient (Wildman–Crippen LogP) is 3.46. The standard InChI is InChI=1S/C20H23NO5S/c1-12(2)18(21-19(23)17-6-5-9-27-17)20(24)26-11-15-10-14(13(3)22)7-8-16(15)25-4/h5-10,12,18H,11H2,1-4H3,(H,21,23)/t18-/m1/s1. The van der Waals surface area contributed by atoms with E-state index in [1.807, 2.05) is 13.8 Å². The Kier molecular flexibility index (Phi) is 7.12. The summed E-state index contributed by atoms with van der Waals surface area (Å²) in [5.74, 6) is -0.557. The third-order valence-electron chi connectivity index (χ3n) is 4.01. The van der Waals surface area contributed by atoms with E-state index in [4.69, 9.17) is 9.47 Å². The Labute approximate surface area is 162 Å². The number of thiophene rings is 1. The van der Waals surface area contributed by atoms with E-state index >= 15 is 0 Å². The van der Waals surface area contributed by atoms with Gasteiger partial charge in [-0.1, -0.05) is 19.9 Å². The van der Waals surface area contributed by atoms with E-state index in [2.05, 4.69) is 5.32 Å². The van der Waals surface area contributed by atoms with Crippen LogP contribution in [0, 0.1) is 5.92 Å². The second-order valence-corrected chi connectivity index (χ2v) is 7.31. The van der Waals surface area contributed by atoms with Crippen LogP contribution in [-0.4, -0.2) is 30.8 Å². The molecule has 0 aliphatic heterocycles. The molecule has 0 aliphatic rings. The second kappa shape index (κ2) is 9.32. The summed E-state index contributed by atoms with van der Waals surface area (Å²) in [6.07, 6.45) is 0. The maximum absolute atomic E-state index is 12.5. The molecule has 0 saturated heterocycles. The lowest BCUT2D eigenvalue weighted by molar-refractivity contribution is -0.148. The largest absolute Gasteiger partial charge is 0.496 e. The number of methoxy groups -OCH3 is 1. The molecule has 1 N–H and O–H groups in total. The van der Waals surface area contributed by atoms with E-state index in [1.165, 1.54) is 25.4 Å². The van der Waals surface area contributed by atoms with Gasteiger partial charge in [-0.2, -0.15) is 0 Å². The molecular weight excluding hydrogens is 366 g/mol. The molecule has 0 fully saturated rings. The highest BCUT2D eigenvalue weighted by Crippen LogP contribution is 2.22. The van der Waals surface area contributed by atoms with Crippen molar-refractivity contribution >= 4 is 29.0 Å². The van der Waals surface area contributed by atoms with Gasteiger partial charge in [0.1, 0.15) is 18.4 Å². The fourth-order valence-corrected chi connectivity index (χ4v) is 3.09. The summed E-state index contributed by atoms with van der Waals surface area (Å²) in [5, 5.41) is 4.52. The summed E-state index contributed by atoms with van der Waals surface area (Å²) in [4.78, 5) is 36.9. The molecule has 2 aromatic rings. The molecule has 7 heteroatoms. The minimum Gasteiger partial charge on any atom is -0.496 e. The fourth-order valence-electron chi connectivity index (χ4n) is 2.47. The van der Waals surface area contributed by atoms with Gasteiger partial charge in [-0.3, -0.25) is 9.59 Å². The van der Waals surface area contributed by atoms with Crippen LogP contribution in [0.5, 0.6) is 5.75 Å². The molecular formula is C20H23NO5S. The number of hydrogen-bond acceptors (Lipinski definition) is 6. The Morgan fingerprint density at radius 2 is 1.93 bits per heavy atom. The normalized spacial score (nSPS) is 11.7. The van der Waals surface area contributed by atoms with E-state index in [0.29, 0.717) is 21.8 Å². The Bertz CT molecular complexity index is 814. The molecule has 1 heterocycles. The van der Waals surface area contributed by atoms with Crippen LogP contribution >= 0.6 is 11.3 Å². The maximum Gasteiger partial charge on any atom is 0.329 e. The zero-order valence-electron chi connectivity index (χ0n) is 15.8. The molecule has 0 aliphatic carbocycles. The number of hydrogen-bond donors (Lipinski definition) is 1. The van der Waals surface area contributed by atoms with Crippen molar-refractivity contribution in [2.24, 2.45) is 5.92 Å².